The minimum atomic E-state index is -0.721. The number of carbonyl (C=O) groups is 2. The zero-order valence-corrected chi connectivity index (χ0v) is 15.1. The second-order valence-electron chi connectivity index (χ2n) is 8.03. The van der Waals surface area contributed by atoms with Crippen LogP contribution in [-0.2, 0) is 14.3 Å². The van der Waals surface area contributed by atoms with Crippen LogP contribution in [0.1, 0.15) is 59.3 Å². The quantitative estimate of drug-likeness (QED) is 0.849. The van der Waals surface area contributed by atoms with E-state index in [0.717, 1.165) is 38.9 Å². The van der Waals surface area contributed by atoms with E-state index in [1.165, 1.54) is 0 Å². The highest BCUT2D eigenvalue weighted by molar-refractivity contribution is 5.70. The van der Waals surface area contributed by atoms with Gasteiger partial charge in [-0.1, -0.05) is 0 Å². The summed E-state index contributed by atoms with van der Waals surface area (Å²) in [6, 6.07) is 0.0818. The van der Waals surface area contributed by atoms with Gasteiger partial charge in [0.15, 0.2) is 0 Å². The van der Waals surface area contributed by atoms with E-state index in [1.54, 1.807) is 0 Å². The first-order chi connectivity index (χ1) is 11.3. The minimum absolute atomic E-state index is 0.0818. The van der Waals surface area contributed by atoms with Crippen molar-refractivity contribution < 1.29 is 24.2 Å². The summed E-state index contributed by atoms with van der Waals surface area (Å²) in [5, 5.41) is 9.17. The van der Waals surface area contributed by atoms with Gasteiger partial charge in [-0.05, 0) is 65.2 Å². The number of hydrogen-bond donors (Lipinski definition) is 1. The van der Waals surface area contributed by atoms with Gasteiger partial charge in [0.05, 0.1) is 5.92 Å². The second kappa shape index (κ2) is 8.19. The largest absolute Gasteiger partial charge is 0.481 e. The first-order valence-corrected chi connectivity index (χ1v) is 9.06. The summed E-state index contributed by atoms with van der Waals surface area (Å²) in [6.07, 6.45) is 4.39. The summed E-state index contributed by atoms with van der Waals surface area (Å²) in [5.41, 5.74) is -0.525. The van der Waals surface area contributed by atoms with Gasteiger partial charge in [-0.2, -0.15) is 0 Å². The van der Waals surface area contributed by atoms with Crippen molar-refractivity contribution in [3.63, 3.8) is 0 Å². The van der Waals surface area contributed by atoms with E-state index in [1.807, 2.05) is 25.7 Å². The Morgan fingerprint density at radius 1 is 1.08 bits per heavy atom. The Hall–Kier alpha value is -1.30. The molecule has 1 amide bonds. The van der Waals surface area contributed by atoms with Gasteiger partial charge in [-0.25, -0.2) is 4.79 Å². The van der Waals surface area contributed by atoms with Gasteiger partial charge < -0.3 is 19.5 Å². The van der Waals surface area contributed by atoms with E-state index >= 15 is 0 Å². The lowest BCUT2D eigenvalue weighted by atomic mass is 9.85. The van der Waals surface area contributed by atoms with E-state index in [-0.39, 0.29) is 18.1 Å². The number of amides is 1. The van der Waals surface area contributed by atoms with Gasteiger partial charge in [0.1, 0.15) is 5.60 Å². The van der Waals surface area contributed by atoms with Crippen LogP contribution in [0.3, 0.4) is 0 Å². The van der Waals surface area contributed by atoms with Crippen LogP contribution in [0.4, 0.5) is 4.79 Å². The lowest BCUT2D eigenvalue weighted by Crippen LogP contribution is -2.48. The molecule has 6 heteroatoms. The molecule has 1 N–H and O–H groups in total. The van der Waals surface area contributed by atoms with Crippen LogP contribution in [-0.4, -0.2) is 53.5 Å². The van der Waals surface area contributed by atoms with E-state index in [9.17, 15) is 9.59 Å². The Bertz CT molecular complexity index is 431. The number of hydrogen-bond acceptors (Lipinski definition) is 4. The molecule has 6 nitrogen and oxygen atoms in total. The predicted octanol–water partition coefficient (Wildman–Crippen LogP) is 3.29. The number of carbonyl (C=O) groups excluding carboxylic acids is 1. The van der Waals surface area contributed by atoms with Crippen LogP contribution in [0.2, 0.25) is 0 Å². The summed E-state index contributed by atoms with van der Waals surface area (Å²) in [7, 11) is 0. The molecule has 2 aliphatic rings. The van der Waals surface area contributed by atoms with Crippen LogP contribution in [0.5, 0.6) is 0 Å². The first kappa shape index (κ1) is 19.0. The van der Waals surface area contributed by atoms with Crippen molar-refractivity contribution in [2.45, 2.75) is 70.9 Å². The van der Waals surface area contributed by atoms with Crippen molar-refractivity contribution >= 4 is 12.1 Å². The number of aliphatic carboxylic acids is 1. The zero-order valence-electron chi connectivity index (χ0n) is 15.1. The van der Waals surface area contributed by atoms with Crippen LogP contribution >= 0.6 is 0 Å². The van der Waals surface area contributed by atoms with Gasteiger partial charge in [0, 0.05) is 25.8 Å². The molecule has 1 aliphatic carbocycles. The molecule has 24 heavy (non-hydrogen) atoms. The Labute approximate surface area is 144 Å². The minimum Gasteiger partial charge on any atom is -0.481 e. The fraction of sp³-hybridized carbons (Fsp3) is 0.889. The van der Waals surface area contributed by atoms with E-state index in [4.69, 9.17) is 14.6 Å². The van der Waals surface area contributed by atoms with Crippen molar-refractivity contribution in [3.8, 4) is 0 Å². The molecule has 0 spiro atoms. The molecule has 1 heterocycles. The molecule has 1 aliphatic heterocycles. The van der Waals surface area contributed by atoms with Crippen LogP contribution < -0.4 is 0 Å². The molecule has 0 atom stereocenters. The topological polar surface area (TPSA) is 76.1 Å². The Balaban J connectivity index is 2.01. The van der Waals surface area contributed by atoms with Crippen molar-refractivity contribution in [1.82, 2.24) is 4.90 Å². The smallest absolute Gasteiger partial charge is 0.410 e. The summed E-state index contributed by atoms with van der Waals surface area (Å²) < 4.78 is 11.0. The van der Waals surface area contributed by atoms with Crippen molar-refractivity contribution in [3.05, 3.63) is 0 Å². The molecule has 1 saturated carbocycles. The van der Waals surface area contributed by atoms with Gasteiger partial charge in [0.2, 0.25) is 0 Å². The predicted molar refractivity (Wildman–Crippen MR) is 89.9 cm³/mol. The van der Waals surface area contributed by atoms with E-state index < -0.39 is 11.6 Å². The third kappa shape index (κ3) is 5.65. The van der Waals surface area contributed by atoms with Gasteiger partial charge in [0.25, 0.3) is 0 Å². The molecule has 0 unspecified atom stereocenters. The monoisotopic (exact) mass is 341 g/mol. The van der Waals surface area contributed by atoms with Gasteiger partial charge >= 0.3 is 12.1 Å². The normalized spacial score (nSPS) is 26.0. The molecular weight excluding hydrogens is 310 g/mol. The fourth-order valence-electron chi connectivity index (χ4n) is 3.53. The average Bonchev–Trinajstić information content (AvgIpc) is 2.52. The lowest BCUT2D eigenvalue weighted by molar-refractivity contribution is -0.143. The molecular formula is C18H31NO5. The fourth-order valence-corrected chi connectivity index (χ4v) is 3.53. The highest BCUT2D eigenvalue weighted by Crippen LogP contribution is 2.30. The van der Waals surface area contributed by atoms with Crippen LogP contribution in [0, 0.1) is 11.8 Å². The molecule has 1 saturated heterocycles. The van der Waals surface area contributed by atoms with Crippen LogP contribution in [0.15, 0.2) is 0 Å². The third-order valence-electron chi connectivity index (χ3n) is 4.91. The molecule has 2 fully saturated rings. The summed E-state index contributed by atoms with van der Waals surface area (Å²) in [4.78, 5) is 25.7. The molecule has 0 aromatic carbocycles. The molecule has 0 aromatic rings. The van der Waals surface area contributed by atoms with Crippen molar-refractivity contribution in [2.75, 3.05) is 19.8 Å². The van der Waals surface area contributed by atoms with Crippen molar-refractivity contribution in [1.29, 1.82) is 0 Å². The molecule has 0 aromatic heterocycles. The van der Waals surface area contributed by atoms with Crippen LogP contribution in [0.25, 0.3) is 0 Å². The lowest BCUT2D eigenvalue weighted by Gasteiger charge is -2.39. The third-order valence-corrected chi connectivity index (χ3v) is 4.91. The number of carboxylic acid groups (broad SMARTS) is 1. The number of rotatable bonds is 4. The Kier molecular flexibility index (Phi) is 6.49. The highest BCUT2D eigenvalue weighted by Gasteiger charge is 2.35. The zero-order chi connectivity index (χ0) is 17.7. The van der Waals surface area contributed by atoms with Gasteiger partial charge in [-0.15, -0.1) is 0 Å². The first-order valence-electron chi connectivity index (χ1n) is 9.06. The maximum Gasteiger partial charge on any atom is 0.410 e. The number of carboxylic acids is 1. The standard InChI is InChI=1S/C18H31NO5/c1-18(2,3)24-17(22)19(12-13-8-10-23-11-9-13)15-6-4-14(5-7-15)16(20)21/h13-15H,4-12H2,1-3H3,(H,20,21). The molecule has 138 valence electrons. The average molecular weight is 341 g/mol. The summed E-state index contributed by atoms with van der Waals surface area (Å²) in [5.74, 6) is -0.560. The van der Waals surface area contributed by atoms with Crippen molar-refractivity contribution in [2.24, 2.45) is 11.8 Å². The summed E-state index contributed by atoms with van der Waals surface area (Å²) >= 11 is 0. The molecule has 0 bridgehead atoms. The Morgan fingerprint density at radius 3 is 2.17 bits per heavy atom. The highest BCUT2D eigenvalue weighted by atomic mass is 16.6. The van der Waals surface area contributed by atoms with E-state index in [0.29, 0.717) is 25.3 Å². The van der Waals surface area contributed by atoms with Gasteiger partial charge in [-0.3, -0.25) is 4.79 Å². The summed E-state index contributed by atoms with van der Waals surface area (Å²) in [6.45, 7) is 7.80. The Morgan fingerprint density at radius 2 is 1.67 bits per heavy atom. The van der Waals surface area contributed by atoms with E-state index in [2.05, 4.69) is 0 Å². The number of nitrogens with zero attached hydrogens (tertiary/aromatic N) is 1. The molecule has 0 radical (unpaired) electrons. The maximum atomic E-state index is 12.7. The maximum absolute atomic E-state index is 12.7. The number of ether oxygens (including phenoxy) is 2. The molecule has 2 rings (SSSR count). The SMILES string of the molecule is CC(C)(C)OC(=O)N(CC1CCOCC1)C1CCC(C(=O)O)CC1. The second-order valence-corrected chi connectivity index (χ2v) is 8.03.